The molecular formula is C21H26N10O11P2S. The standard InChI is InChI=1S/C21H26N10O11P2S/c22-16-10-17(25-4-24-16)31(6-26-10)20-13(33)15-9(40-20)3-39-44(37,45)42-14-8(1-7(12(14)32)2-38-43(35,36)41-15)30-5-27-11-18(30)28-21(23)29-19(11)34/h4-9,12-15,20,32-33H,1-3H2,(H,35,36)(H,37,45)(H2,22,24,25)(H3,23,28,29,34)/t7-,8-,9-,12?,13+,14-,15?,20-,44?/m1/s1. The molecule has 0 radical (unpaired) electrons. The van der Waals surface area contributed by atoms with Crippen LogP contribution in [0.15, 0.2) is 23.8 Å². The van der Waals surface area contributed by atoms with Crippen molar-refractivity contribution in [3.8, 4) is 0 Å². The molecule has 1 aliphatic carbocycles. The number of rotatable bonds is 2. The molecule has 9 N–H and O–H groups in total. The average Bonchev–Trinajstić information content (AvgIpc) is 3.72. The zero-order valence-corrected chi connectivity index (χ0v) is 25.3. The molecule has 10 atom stereocenters. The Hall–Kier alpha value is -2.98. The molecule has 24 heteroatoms. The fourth-order valence-corrected chi connectivity index (χ4v) is 8.29. The SMILES string of the molecule is Nc1nc2c(ncn2[C@@H]2C[C@@H]3COP(=O)(O)OC4[C@@H](COP(O)(=S)O[C@H]2C3O)O[C@@H](n2cnc3c(N)ncnc32)[C@H]4O)c(=O)[nH]1. The molecule has 1 saturated carbocycles. The largest absolute Gasteiger partial charge is 0.472 e. The average molecular weight is 689 g/mol. The van der Waals surface area contributed by atoms with Crippen LogP contribution in [0, 0.1) is 5.92 Å². The minimum Gasteiger partial charge on any atom is -0.390 e. The summed E-state index contributed by atoms with van der Waals surface area (Å²) in [5.41, 5.74) is 11.4. The Morgan fingerprint density at radius 1 is 0.956 bits per heavy atom. The number of nitrogens with zero attached hydrogens (tertiary/aromatic N) is 7. The number of nitrogens with one attached hydrogen (secondary N) is 1. The van der Waals surface area contributed by atoms with Crippen molar-refractivity contribution in [1.82, 2.24) is 39.0 Å². The summed E-state index contributed by atoms with van der Waals surface area (Å²) < 4.78 is 43.9. The number of nitrogen functional groups attached to an aromatic ring is 2. The van der Waals surface area contributed by atoms with Crippen LogP contribution in [0.5, 0.6) is 0 Å². The number of imidazole rings is 2. The highest BCUT2D eigenvalue weighted by atomic mass is 32.5. The van der Waals surface area contributed by atoms with Crippen LogP contribution in [0.3, 0.4) is 0 Å². The predicted octanol–water partition coefficient (Wildman–Crippen LogP) is -1.56. The van der Waals surface area contributed by atoms with E-state index in [2.05, 4.69) is 29.9 Å². The molecular weight excluding hydrogens is 662 g/mol. The second kappa shape index (κ2) is 11.1. The van der Waals surface area contributed by atoms with Gasteiger partial charge in [0.05, 0.1) is 38.0 Å². The number of nitrogens with two attached hydrogens (primary N) is 2. The minimum atomic E-state index is -4.93. The van der Waals surface area contributed by atoms with Crippen LogP contribution in [0.1, 0.15) is 18.7 Å². The van der Waals surface area contributed by atoms with Crippen LogP contribution in [-0.4, -0.2) is 103 Å². The topological polar surface area (TPSA) is 303 Å². The molecule has 4 unspecified atom stereocenters. The second-order valence-corrected chi connectivity index (χ2v) is 14.8. The molecule has 2 aliphatic heterocycles. The normalized spacial score (nSPS) is 37.7. The van der Waals surface area contributed by atoms with Gasteiger partial charge in [-0.2, -0.15) is 4.98 Å². The number of hydrogen-bond acceptors (Lipinski definition) is 17. The van der Waals surface area contributed by atoms with Crippen molar-refractivity contribution in [2.24, 2.45) is 5.92 Å². The zero-order chi connectivity index (χ0) is 31.8. The van der Waals surface area contributed by atoms with Crippen molar-refractivity contribution < 1.29 is 47.4 Å². The summed E-state index contributed by atoms with van der Waals surface area (Å²) in [6.07, 6.45) is -4.65. The smallest absolute Gasteiger partial charge is 0.390 e. The van der Waals surface area contributed by atoms with Gasteiger partial charge in [0.15, 0.2) is 28.9 Å². The molecule has 4 aromatic heterocycles. The van der Waals surface area contributed by atoms with Crippen LogP contribution < -0.4 is 17.0 Å². The lowest BCUT2D eigenvalue weighted by Crippen LogP contribution is -2.36. The number of phosphoric acid groups is 1. The quantitative estimate of drug-likeness (QED) is 0.117. The minimum absolute atomic E-state index is 0.0273. The first-order valence-corrected chi connectivity index (χ1v) is 17.4. The summed E-state index contributed by atoms with van der Waals surface area (Å²) in [6, 6.07) is -0.863. The number of aliphatic hydroxyl groups excluding tert-OH is 2. The number of H-pyrrole nitrogens is 1. The fraction of sp³-hybridized carbons (Fsp3) is 0.524. The third-order valence-electron chi connectivity index (χ3n) is 7.89. The highest BCUT2D eigenvalue weighted by Gasteiger charge is 2.52. The van der Waals surface area contributed by atoms with Crippen LogP contribution >= 0.6 is 14.5 Å². The summed E-state index contributed by atoms with van der Waals surface area (Å²) >= 11 is 5.27. The van der Waals surface area contributed by atoms with Crippen molar-refractivity contribution in [2.75, 3.05) is 24.7 Å². The van der Waals surface area contributed by atoms with Gasteiger partial charge in [-0.05, 0) is 18.2 Å². The highest BCUT2D eigenvalue weighted by Crippen LogP contribution is 2.55. The molecule has 21 nitrogen and oxygen atoms in total. The molecule has 3 fully saturated rings. The third-order valence-corrected chi connectivity index (χ3v) is 10.4. The molecule has 45 heavy (non-hydrogen) atoms. The maximum Gasteiger partial charge on any atom is 0.472 e. The fourth-order valence-electron chi connectivity index (χ4n) is 5.83. The van der Waals surface area contributed by atoms with Crippen molar-refractivity contribution in [1.29, 1.82) is 0 Å². The Bertz CT molecular complexity index is 1940. The number of anilines is 2. The van der Waals surface area contributed by atoms with Gasteiger partial charge >= 0.3 is 14.5 Å². The lowest BCUT2D eigenvalue weighted by Gasteiger charge is -2.28. The second-order valence-electron chi connectivity index (χ2n) is 10.6. The maximum absolute atomic E-state index is 13.2. The lowest BCUT2D eigenvalue weighted by atomic mass is 10.1. The van der Waals surface area contributed by atoms with Gasteiger partial charge in [-0.25, -0.2) is 24.5 Å². The Morgan fingerprint density at radius 2 is 1.71 bits per heavy atom. The van der Waals surface area contributed by atoms with Gasteiger partial charge in [0.2, 0.25) is 5.95 Å². The molecule has 0 amide bonds. The Labute approximate surface area is 256 Å². The Morgan fingerprint density at radius 3 is 2.51 bits per heavy atom. The monoisotopic (exact) mass is 688 g/mol. The molecule has 242 valence electrons. The van der Waals surface area contributed by atoms with Gasteiger partial charge in [-0.1, -0.05) is 0 Å². The summed E-state index contributed by atoms with van der Waals surface area (Å²) in [7, 11) is -4.93. The van der Waals surface area contributed by atoms with Crippen molar-refractivity contribution in [3.63, 3.8) is 0 Å². The van der Waals surface area contributed by atoms with E-state index in [1.165, 1.54) is 28.1 Å². The maximum atomic E-state index is 13.2. The number of aromatic amines is 1. The molecule has 6 heterocycles. The van der Waals surface area contributed by atoms with Crippen LogP contribution in [0.25, 0.3) is 22.3 Å². The van der Waals surface area contributed by atoms with E-state index in [-0.39, 0.29) is 40.5 Å². The van der Waals surface area contributed by atoms with E-state index in [0.717, 1.165) is 0 Å². The number of phosphoric ester groups is 1. The van der Waals surface area contributed by atoms with Gasteiger partial charge in [-0.3, -0.25) is 23.4 Å². The van der Waals surface area contributed by atoms with E-state index < -0.39 is 82.0 Å². The molecule has 7 rings (SSSR count). The van der Waals surface area contributed by atoms with E-state index in [1.807, 2.05) is 0 Å². The number of ether oxygens (including phenoxy) is 1. The van der Waals surface area contributed by atoms with Gasteiger partial charge in [0, 0.05) is 5.92 Å². The van der Waals surface area contributed by atoms with Crippen LogP contribution in [-0.2, 0) is 39.2 Å². The third kappa shape index (κ3) is 5.45. The summed E-state index contributed by atoms with van der Waals surface area (Å²) in [5.74, 6) is -0.996. The lowest BCUT2D eigenvalue weighted by molar-refractivity contribution is -0.0517. The highest BCUT2D eigenvalue weighted by molar-refractivity contribution is 8.07. The van der Waals surface area contributed by atoms with Crippen molar-refractivity contribution in [2.45, 2.75) is 49.2 Å². The molecule has 4 aromatic rings. The van der Waals surface area contributed by atoms with Crippen LogP contribution in [0.4, 0.5) is 11.8 Å². The van der Waals surface area contributed by atoms with Gasteiger partial charge in [0.1, 0.15) is 36.3 Å². The first-order valence-electron chi connectivity index (χ1n) is 13.3. The van der Waals surface area contributed by atoms with Gasteiger partial charge in [0.25, 0.3) is 5.56 Å². The Kier molecular flexibility index (Phi) is 7.55. The number of aromatic nitrogens is 8. The van der Waals surface area contributed by atoms with Crippen LogP contribution in [0.2, 0.25) is 0 Å². The van der Waals surface area contributed by atoms with Crippen molar-refractivity contribution >= 4 is 60.4 Å². The van der Waals surface area contributed by atoms with E-state index in [0.29, 0.717) is 0 Å². The first kappa shape index (κ1) is 30.7. The predicted molar refractivity (Wildman–Crippen MR) is 153 cm³/mol. The number of aliphatic hydroxyl groups is 2. The Balaban J connectivity index is 1.21. The van der Waals surface area contributed by atoms with E-state index in [1.54, 1.807) is 0 Å². The van der Waals surface area contributed by atoms with Gasteiger partial charge in [-0.15, -0.1) is 0 Å². The zero-order valence-electron chi connectivity index (χ0n) is 22.7. The van der Waals surface area contributed by atoms with E-state index in [9.17, 15) is 29.4 Å². The molecule has 0 aromatic carbocycles. The van der Waals surface area contributed by atoms with Gasteiger partial charge < -0.3 is 49.8 Å². The van der Waals surface area contributed by atoms with E-state index in [4.69, 9.17) is 46.1 Å². The van der Waals surface area contributed by atoms with E-state index >= 15 is 0 Å². The molecule has 2 bridgehead atoms. The first-order chi connectivity index (χ1) is 21.3. The summed E-state index contributed by atoms with van der Waals surface area (Å²) in [4.78, 5) is 56.8. The van der Waals surface area contributed by atoms with Crippen molar-refractivity contribution in [3.05, 3.63) is 29.3 Å². The summed E-state index contributed by atoms with van der Waals surface area (Å²) in [6.45, 7) is -5.31. The number of hydrogen-bond donors (Lipinski definition) is 7. The molecule has 2 saturated heterocycles. The molecule has 0 spiro atoms. The molecule has 3 aliphatic rings. The summed E-state index contributed by atoms with van der Waals surface area (Å²) in [5, 5.41) is 22.4. The number of fused-ring (bicyclic) bond motifs is 5.